The Morgan fingerprint density at radius 2 is 2.44 bits per heavy atom. The van der Waals surface area contributed by atoms with Gasteiger partial charge >= 0.3 is 0 Å². The number of piperidine rings is 1. The largest absolute Gasteiger partial charge is 0.316 e. The van der Waals surface area contributed by atoms with Gasteiger partial charge in [-0.1, -0.05) is 11.6 Å². The summed E-state index contributed by atoms with van der Waals surface area (Å²) >= 11 is 6.11. The molecule has 1 atom stereocenters. The summed E-state index contributed by atoms with van der Waals surface area (Å²) in [6.45, 7) is 3.14. The van der Waals surface area contributed by atoms with Gasteiger partial charge in [0, 0.05) is 26.2 Å². The lowest BCUT2D eigenvalue weighted by Gasteiger charge is -2.32. The third-order valence-electron chi connectivity index (χ3n) is 3.30. The Balaban J connectivity index is 1.99. The highest BCUT2D eigenvalue weighted by Gasteiger charge is 2.20. The van der Waals surface area contributed by atoms with E-state index < -0.39 is 0 Å². The first-order chi connectivity index (χ1) is 7.70. The van der Waals surface area contributed by atoms with Crippen LogP contribution in [0.15, 0.2) is 6.20 Å². The Kier molecular flexibility index (Phi) is 3.84. The average Bonchev–Trinajstić information content (AvgIpc) is 2.61. The van der Waals surface area contributed by atoms with Crippen molar-refractivity contribution in [3.63, 3.8) is 0 Å². The van der Waals surface area contributed by atoms with Gasteiger partial charge in [-0.05, 0) is 26.4 Å². The second-order valence-electron chi connectivity index (χ2n) is 4.43. The van der Waals surface area contributed by atoms with Crippen LogP contribution in [0.3, 0.4) is 0 Å². The number of aromatic nitrogens is 2. The molecule has 1 aliphatic heterocycles. The third-order valence-corrected chi connectivity index (χ3v) is 3.61. The van der Waals surface area contributed by atoms with E-state index in [1.807, 2.05) is 18.8 Å². The van der Waals surface area contributed by atoms with Crippen LogP contribution in [-0.2, 0) is 13.6 Å². The summed E-state index contributed by atoms with van der Waals surface area (Å²) in [6.07, 6.45) is 4.24. The summed E-state index contributed by atoms with van der Waals surface area (Å²) in [7, 11) is 3.98. The fourth-order valence-electron chi connectivity index (χ4n) is 2.26. The van der Waals surface area contributed by atoms with E-state index in [-0.39, 0.29) is 0 Å². The first kappa shape index (κ1) is 11.9. The molecule has 1 aliphatic rings. The first-order valence-corrected chi connectivity index (χ1v) is 6.14. The number of hydrogen-bond donors (Lipinski definition) is 1. The monoisotopic (exact) mass is 242 g/mol. The van der Waals surface area contributed by atoms with Gasteiger partial charge < -0.3 is 5.32 Å². The minimum Gasteiger partial charge on any atom is -0.316 e. The molecule has 1 aromatic heterocycles. The minimum absolute atomic E-state index is 0.612. The molecule has 1 saturated heterocycles. The van der Waals surface area contributed by atoms with Gasteiger partial charge in [0.05, 0.1) is 16.9 Å². The van der Waals surface area contributed by atoms with Crippen molar-refractivity contribution in [1.29, 1.82) is 0 Å². The number of hydrogen-bond acceptors (Lipinski definition) is 3. The van der Waals surface area contributed by atoms with Crippen LogP contribution in [0.25, 0.3) is 0 Å². The summed E-state index contributed by atoms with van der Waals surface area (Å²) in [4.78, 5) is 2.44. The molecule has 1 fully saturated rings. The Morgan fingerprint density at radius 1 is 1.62 bits per heavy atom. The van der Waals surface area contributed by atoms with Crippen molar-refractivity contribution in [3.8, 4) is 0 Å². The quantitative estimate of drug-likeness (QED) is 0.867. The van der Waals surface area contributed by atoms with Crippen molar-refractivity contribution < 1.29 is 0 Å². The van der Waals surface area contributed by atoms with Crippen LogP contribution in [0, 0.1) is 0 Å². The number of likely N-dealkylation sites (tertiary alicyclic amines) is 1. The lowest BCUT2D eigenvalue weighted by molar-refractivity contribution is 0.184. The maximum absolute atomic E-state index is 6.11. The first-order valence-electron chi connectivity index (χ1n) is 5.76. The van der Waals surface area contributed by atoms with Gasteiger partial charge in [-0.3, -0.25) is 9.58 Å². The van der Waals surface area contributed by atoms with Crippen molar-refractivity contribution in [2.75, 3.05) is 20.1 Å². The summed E-state index contributed by atoms with van der Waals surface area (Å²) in [5, 5.41) is 8.28. The van der Waals surface area contributed by atoms with Crippen molar-refractivity contribution >= 4 is 11.6 Å². The third kappa shape index (κ3) is 2.56. The zero-order chi connectivity index (χ0) is 11.5. The average molecular weight is 243 g/mol. The fourth-order valence-corrected chi connectivity index (χ4v) is 2.49. The Morgan fingerprint density at radius 3 is 3.06 bits per heavy atom. The lowest BCUT2D eigenvalue weighted by atomic mass is 10.1. The molecule has 5 heteroatoms. The summed E-state index contributed by atoms with van der Waals surface area (Å²) in [5.41, 5.74) is 1.11. The molecule has 4 nitrogen and oxygen atoms in total. The van der Waals surface area contributed by atoms with E-state index in [9.17, 15) is 0 Å². The highest BCUT2D eigenvalue weighted by molar-refractivity contribution is 6.31. The molecule has 0 bridgehead atoms. The maximum Gasteiger partial charge on any atom is 0.0831 e. The zero-order valence-corrected chi connectivity index (χ0v) is 10.7. The smallest absolute Gasteiger partial charge is 0.0831 e. The van der Waals surface area contributed by atoms with E-state index >= 15 is 0 Å². The maximum atomic E-state index is 6.11. The Hall–Kier alpha value is -0.580. The second kappa shape index (κ2) is 5.17. The predicted molar refractivity (Wildman–Crippen MR) is 65.6 cm³/mol. The molecule has 90 valence electrons. The van der Waals surface area contributed by atoms with Crippen LogP contribution in [0.4, 0.5) is 0 Å². The highest BCUT2D eigenvalue weighted by atomic mass is 35.5. The van der Waals surface area contributed by atoms with Gasteiger partial charge in [-0.25, -0.2) is 0 Å². The standard InChI is InChI=1S/C11H19ClN4/c1-13-9-4-3-5-16(7-9)8-11-10(12)6-14-15(11)2/h6,9,13H,3-5,7-8H2,1-2H3. The molecule has 1 unspecified atom stereocenters. The molecule has 2 heterocycles. The van der Waals surface area contributed by atoms with E-state index in [4.69, 9.17) is 11.6 Å². The molecule has 16 heavy (non-hydrogen) atoms. The van der Waals surface area contributed by atoms with Gasteiger partial charge in [-0.2, -0.15) is 5.10 Å². The van der Waals surface area contributed by atoms with Gasteiger partial charge in [0.15, 0.2) is 0 Å². The Labute approximate surface area is 102 Å². The molecule has 0 aliphatic carbocycles. The number of likely N-dealkylation sites (N-methyl/N-ethyl adjacent to an activating group) is 1. The number of aryl methyl sites for hydroxylation is 1. The summed E-state index contributed by atoms with van der Waals surface area (Å²) < 4.78 is 1.87. The summed E-state index contributed by atoms with van der Waals surface area (Å²) in [5.74, 6) is 0. The van der Waals surface area contributed by atoms with Crippen LogP contribution < -0.4 is 5.32 Å². The van der Waals surface area contributed by atoms with E-state index in [0.717, 1.165) is 30.4 Å². The van der Waals surface area contributed by atoms with Crippen LogP contribution in [0.1, 0.15) is 18.5 Å². The Bertz CT molecular complexity index is 330. The van der Waals surface area contributed by atoms with Crippen LogP contribution in [0.5, 0.6) is 0 Å². The second-order valence-corrected chi connectivity index (χ2v) is 4.83. The molecule has 1 N–H and O–H groups in total. The number of nitrogens with zero attached hydrogens (tertiary/aromatic N) is 3. The van der Waals surface area contributed by atoms with Gasteiger partial charge in [0.25, 0.3) is 0 Å². The summed E-state index contributed by atoms with van der Waals surface area (Å²) in [6, 6.07) is 0.612. The van der Waals surface area contributed by atoms with Gasteiger partial charge in [0.1, 0.15) is 0 Å². The highest BCUT2D eigenvalue weighted by Crippen LogP contribution is 2.19. The van der Waals surface area contributed by atoms with Gasteiger partial charge in [-0.15, -0.1) is 0 Å². The van der Waals surface area contributed by atoms with Crippen molar-refractivity contribution in [1.82, 2.24) is 20.0 Å². The van der Waals surface area contributed by atoms with Crippen LogP contribution in [0.2, 0.25) is 5.02 Å². The topological polar surface area (TPSA) is 33.1 Å². The van der Waals surface area contributed by atoms with Crippen molar-refractivity contribution in [3.05, 3.63) is 16.9 Å². The molecule has 1 aromatic rings. The van der Waals surface area contributed by atoms with E-state index in [1.54, 1.807) is 6.20 Å². The molecule has 0 saturated carbocycles. The molecular weight excluding hydrogens is 224 g/mol. The number of halogens is 1. The van der Waals surface area contributed by atoms with E-state index in [1.165, 1.54) is 12.8 Å². The fraction of sp³-hybridized carbons (Fsp3) is 0.727. The minimum atomic E-state index is 0.612. The SMILES string of the molecule is CNC1CCCN(Cc2c(Cl)cnn2C)C1. The van der Waals surface area contributed by atoms with E-state index in [0.29, 0.717) is 6.04 Å². The zero-order valence-electron chi connectivity index (χ0n) is 9.91. The molecule has 0 aromatic carbocycles. The van der Waals surface area contributed by atoms with Gasteiger partial charge in [0.2, 0.25) is 0 Å². The molecule has 0 radical (unpaired) electrons. The number of nitrogens with one attached hydrogen (secondary N) is 1. The van der Waals surface area contributed by atoms with Crippen molar-refractivity contribution in [2.45, 2.75) is 25.4 Å². The van der Waals surface area contributed by atoms with E-state index in [2.05, 4.69) is 15.3 Å². The van der Waals surface area contributed by atoms with Crippen molar-refractivity contribution in [2.24, 2.45) is 7.05 Å². The number of rotatable bonds is 3. The molecule has 0 amide bonds. The van der Waals surface area contributed by atoms with Crippen LogP contribution in [-0.4, -0.2) is 40.9 Å². The normalized spacial score (nSPS) is 22.6. The molecule has 0 spiro atoms. The van der Waals surface area contributed by atoms with Crippen LogP contribution >= 0.6 is 11.6 Å². The molecule has 2 rings (SSSR count). The predicted octanol–water partition coefficient (Wildman–Crippen LogP) is 1.26. The lowest BCUT2D eigenvalue weighted by Crippen LogP contribution is -2.44. The molecular formula is C11H19ClN4.